The summed E-state index contributed by atoms with van der Waals surface area (Å²) in [7, 11) is -0.491. The van der Waals surface area contributed by atoms with Gasteiger partial charge in [0.25, 0.3) is 0 Å². The maximum Gasteiger partial charge on any atom is 0.240 e. The number of methoxy groups -OCH3 is 1. The maximum absolute atomic E-state index is 13.5. The zero-order valence-electron chi connectivity index (χ0n) is 11.9. The number of hydrogen-bond donors (Lipinski definition) is 2. The van der Waals surface area contributed by atoms with Crippen LogP contribution < -0.4 is 10.0 Å². The van der Waals surface area contributed by atoms with Crippen molar-refractivity contribution >= 4 is 10.0 Å². The van der Waals surface area contributed by atoms with E-state index in [2.05, 4.69) is 10.0 Å². The van der Waals surface area contributed by atoms with Crippen LogP contribution in [0.25, 0.3) is 0 Å². The first-order valence-electron chi connectivity index (χ1n) is 6.38. The Kier molecular flexibility index (Phi) is 6.54. The molecule has 7 heteroatoms. The minimum atomic E-state index is -3.68. The molecule has 5 nitrogen and oxygen atoms in total. The summed E-state index contributed by atoms with van der Waals surface area (Å²) >= 11 is 0. The van der Waals surface area contributed by atoms with Gasteiger partial charge in [-0.3, -0.25) is 0 Å². The molecule has 114 valence electrons. The molecule has 0 aromatic heterocycles. The van der Waals surface area contributed by atoms with Crippen molar-refractivity contribution in [2.24, 2.45) is 0 Å². The van der Waals surface area contributed by atoms with E-state index < -0.39 is 15.8 Å². The van der Waals surface area contributed by atoms with Crippen molar-refractivity contribution in [2.75, 3.05) is 20.8 Å². The highest BCUT2D eigenvalue weighted by atomic mass is 32.2. The van der Waals surface area contributed by atoms with Crippen molar-refractivity contribution in [1.29, 1.82) is 0 Å². The van der Waals surface area contributed by atoms with Crippen molar-refractivity contribution in [3.63, 3.8) is 0 Å². The molecular weight excluding hydrogens is 283 g/mol. The molecule has 0 bridgehead atoms. The van der Waals surface area contributed by atoms with E-state index in [4.69, 9.17) is 4.74 Å². The summed E-state index contributed by atoms with van der Waals surface area (Å²) in [6, 6.07) is 3.46. The predicted molar refractivity (Wildman–Crippen MR) is 75.4 cm³/mol. The van der Waals surface area contributed by atoms with Crippen LogP contribution in [0.15, 0.2) is 23.1 Å². The lowest BCUT2D eigenvalue weighted by Gasteiger charge is -2.16. The summed E-state index contributed by atoms with van der Waals surface area (Å²) in [6.45, 7) is 2.42. The third kappa shape index (κ3) is 4.52. The second-order valence-electron chi connectivity index (χ2n) is 4.47. The van der Waals surface area contributed by atoms with Crippen molar-refractivity contribution < 1.29 is 17.5 Å². The minimum absolute atomic E-state index is 0.0544. The Hall–Kier alpha value is -1.02. The first-order valence-corrected chi connectivity index (χ1v) is 7.87. The molecule has 0 spiro atoms. The van der Waals surface area contributed by atoms with Crippen LogP contribution in [0.3, 0.4) is 0 Å². The molecule has 0 aliphatic rings. The summed E-state index contributed by atoms with van der Waals surface area (Å²) in [6.07, 6.45) is 0.609. The van der Waals surface area contributed by atoms with Gasteiger partial charge in [0, 0.05) is 25.3 Å². The average Bonchev–Trinajstić information content (AvgIpc) is 2.40. The molecule has 1 atom stereocenters. The van der Waals surface area contributed by atoms with Crippen LogP contribution in [0.5, 0.6) is 0 Å². The van der Waals surface area contributed by atoms with Gasteiger partial charge < -0.3 is 10.1 Å². The molecule has 0 fully saturated rings. The lowest BCUT2D eigenvalue weighted by atomic mass is 10.2. The molecule has 0 saturated carbocycles. The smallest absolute Gasteiger partial charge is 0.240 e. The van der Waals surface area contributed by atoms with Crippen molar-refractivity contribution in [1.82, 2.24) is 10.0 Å². The summed E-state index contributed by atoms with van der Waals surface area (Å²) in [5, 5.41) is 2.80. The average molecular weight is 304 g/mol. The van der Waals surface area contributed by atoms with Gasteiger partial charge in [0.1, 0.15) is 5.82 Å². The quantitative estimate of drug-likeness (QED) is 0.758. The maximum atomic E-state index is 13.5. The van der Waals surface area contributed by atoms with Crippen molar-refractivity contribution in [3.05, 3.63) is 29.6 Å². The van der Waals surface area contributed by atoms with Gasteiger partial charge in [-0.05, 0) is 31.7 Å². The Bertz CT molecular complexity index is 534. The largest absolute Gasteiger partial charge is 0.383 e. The fourth-order valence-electron chi connectivity index (χ4n) is 1.77. The molecular formula is C13H21FN2O3S. The standard InChI is InChI=1S/C13H21FN2O3S/c1-4-11(9-19-3)16-20(17,18)12-5-6-13(14)10(7-12)8-15-2/h5-7,11,15-16H,4,8-9H2,1-3H3. The second kappa shape index (κ2) is 7.68. The molecule has 0 radical (unpaired) electrons. The number of hydrogen-bond acceptors (Lipinski definition) is 4. The summed E-state index contributed by atoms with van der Waals surface area (Å²) < 4.78 is 45.5. The number of benzene rings is 1. The second-order valence-corrected chi connectivity index (χ2v) is 6.18. The van der Waals surface area contributed by atoms with Gasteiger partial charge in [-0.25, -0.2) is 17.5 Å². The molecule has 0 aliphatic heterocycles. The van der Waals surface area contributed by atoms with Gasteiger partial charge in [0.05, 0.1) is 11.5 Å². The lowest BCUT2D eigenvalue weighted by Crippen LogP contribution is -2.37. The molecule has 1 rings (SSSR count). The van der Waals surface area contributed by atoms with Crippen LogP contribution in [-0.4, -0.2) is 35.2 Å². The van der Waals surface area contributed by atoms with Crippen LogP contribution in [0.4, 0.5) is 4.39 Å². The molecule has 20 heavy (non-hydrogen) atoms. The highest BCUT2D eigenvalue weighted by Gasteiger charge is 2.20. The zero-order chi connectivity index (χ0) is 15.2. The van der Waals surface area contributed by atoms with Crippen molar-refractivity contribution in [3.8, 4) is 0 Å². The van der Waals surface area contributed by atoms with Crippen molar-refractivity contribution in [2.45, 2.75) is 30.8 Å². The van der Waals surface area contributed by atoms with Gasteiger partial charge in [0.15, 0.2) is 0 Å². The van der Waals surface area contributed by atoms with Crippen LogP contribution in [0, 0.1) is 5.82 Å². The van der Waals surface area contributed by atoms with E-state index in [1.165, 1.54) is 25.3 Å². The number of ether oxygens (including phenoxy) is 1. The number of nitrogens with one attached hydrogen (secondary N) is 2. The molecule has 1 aromatic rings. The van der Waals surface area contributed by atoms with E-state index in [-0.39, 0.29) is 17.5 Å². The molecule has 2 N–H and O–H groups in total. The molecule has 1 unspecified atom stereocenters. The van der Waals surface area contributed by atoms with E-state index in [0.717, 1.165) is 0 Å². The van der Waals surface area contributed by atoms with Crippen LogP contribution in [0.2, 0.25) is 0 Å². The van der Waals surface area contributed by atoms with E-state index in [1.54, 1.807) is 7.05 Å². The highest BCUT2D eigenvalue weighted by molar-refractivity contribution is 7.89. The van der Waals surface area contributed by atoms with E-state index in [9.17, 15) is 12.8 Å². The Balaban J connectivity index is 3.00. The third-order valence-corrected chi connectivity index (χ3v) is 4.40. The van der Waals surface area contributed by atoms with Gasteiger partial charge in [-0.15, -0.1) is 0 Å². The molecule has 0 amide bonds. The van der Waals surface area contributed by atoms with E-state index >= 15 is 0 Å². The third-order valence-electron chi connectivity index (χ3n) is 2.88. The predicted octanol–water partition coefficient (Wildman–Crippen LogP) is 1.25. The highest BCUT2D eigenvalue weighted by Crippen LogP contribution is 2.15. The molecule has 0 saturated heterocycles. The Morgan fingerprint density at radius 1 is 1.40 bits per heavy atom. The SMILES string of the molecule is CCC(COC)NS(=O)(=O)c1ccc(F)c(CNC)c1. The summed E-state index contributed by atoms with van der Waals surface area (Å²) in [4.78, 5) is 0.0544. The number of halogens is 1. The van der Waals surface area contributed by atoms with E-state index in [0.29, 0.717) is 18.6 Å². The molecule has 0 aliphatic carbocycles. The molecule has 0 heterocycles. The lowest BCUT2D eigenvalue weighted by molar-refractivity contribution is 0.173. The van der Waals surface area contributed by atoms with Crippen LogP contribution in [-0.2, 0) is 21.3 Å². The fraction of sp³-hybridized carbons (Fsp3) is 0.538. The van der Waals surface area contributed by atoms with Gasteiger partial charge in [-0.2, -0.15) is 0 Å². The van der Waals surface area contributed by atoms with Gasteiger partial charge >= 0.3 is 0 Å². The minimum Gasteiger partial charge on any atom is -0.383 e. The monoisotopic (exact) mass is 304 g/mol. The Morgan fingerprint density at radius 3 is 2.65 bits per heavy atom. The first kappa shape index (κ1) is 17.0. The van der Waals surface area contributed by atoms with Crippen LogP contribution >= 0.6 is 0 Å². The Labute approximate surface area is 119 Å². The normalized spacial score (nSPS) is 13.4. The van der Waals surface area contributed by atoms with Crippen LogP contribution in [0.1, 0.15) is 18.9 Å². The fourth-order valence-corrected chi connectivity index (χ4v) is 3.12. The van der Waals surface area contributed by atoms with E-state index in [1.807, 2.05) is 6.92 Å². The number of sulfonamides is 1. The topological polar surface area (TPSA) is 67.4 Å². The van der Waals surface area contributed by atoms with Gasteiger partial charge in [-0.1, -0.05) is 6.92 Å². The Morgan fingerprint density at radius 2 is 2.10 bits per heavy atom. The molecule has 1 aromatic carbocycles. The number of rotatable bonds is 8. The first-order chi connectivity index (χ1) is 9.44. The summed E-state index contributed by atoms with van der Waals surface area (Å²) in [5.41, 5.74) is 0.315. The summed E-state index contributed by atoms with van der Waals surface area (Å²) in [5.74, 6) is -0.428. The van der Waals surface area contributed by atoms with Gasteiger partial charge in [0.2, 0.25) is 10.0 Å². The zero-order valence-corrected chi connectivity index (χ0v) is 12.8.